The van der Waals surface area contributed by atoms with Crippen LogP contribution < -0.4 is 11.3 Å². The molecule has 0 saturated heterocycles. The lowest BCUT2D eigenvalue weighted by Gasteiger charge is -2.21. The molecule has 0 atom stereocenters. The highest BCUT2D eigenvalue weighted by atomic mass is 35.5. The largest absolute Gasteiger partial charge is 0.393 e. The lowest BCUT2D eigenvalue weighted by Crippen LogP contribution is -2.22. The van der Waals surface area contributed by atoms with Crippen LogP contribution in [0, 0.1) is 5.82 Å². The third kappa shape index (κ3) is 2.22. The lowest BCUT2D eigenvalue weighted by atomic mass is 9.91. The first-order valence-corrected chi connectivity index (χ1v) is 6.55. The average molecular weight is 298 g/mol. The second-order valence-electron chi connectivity index (χ2n) is 5.75. The van der Waals surface area contributed by atoms with Crippen molar-refractivity contribution in [3.63, 3.8) is 0 Å². The molecule has 1 aromatic heterocycles. The molecule has 20 heavy (non-hydrogen) atoms. The van der Waals surface area contributed by atoms with Crippen LogP contribution in [0.25, 0.3) is 5.69 Å². The molecule has 2 rings (SSSR count). The molecular weight excluding hydrogens is 281 g/mol. The monoisotopic (exact) mass is 297 g/mol. The Morgan fingerprint density at radius 1 is 1.30 bits per heavy atom. The summed E-state index contributed by atoms with van der Waals surface area (Å²) in [6.45, 7) is 5.89. The molecule has 1 aromatic carbocycles. The Bertz CT molecular complexity index is 725. The first kappa shape index (κ1) is 14.7. The van der Waals surface area contributed by atoms with E-state index in [2.05, 4.69) is 0 Å². The molecule has 108 valence electrons. The number of anilines is 1. The zero-order chi connectivity index (χ0) is 15.2. The van der Waals surface area contributed by atoms with Crippen LogP contribution in [0.5, 0.6) is 0 Å². The van der Waals surface area contributed by atoms with Gasteiger partial charge in [0.25, 0.3) is 5.56 Å². The van der Waals surface area contributed by atoms with Crippen LogP contribution in [0.15, 0.2) is 23.0 Å². The second-order valence-corrected chi connectivity index (χ2v) is 6.16. The van der Waals surface area contributed by atoms with Gasteiger partial charge in [-0.2, -0.15) is 0 Å². The van der Waals surface area contributed by atoms with Gasteiger partial charge in [-0.3, -0.25) is 9.48 Å². The fourth-order valence-electron chi connectivity index (χ4n) is 2.42. The zero-order valence-electron chi connectivity index (χ0n) is 11.9. The molecular formula is C14H17ClFN3O. The molecule has 2 aromatic rings. The van der Waals surface area contributed by atoms with Crippen molar-refractivity contribution >= 4 is 17.3 Å². The Labute approximate surface area is 121 Å². The summed E-state index contributed by atoms with van der Waals surface area (Å²) in [5, 5.41) is 0.0139. The average Bonchev–Trinajstić information content (AvgIpc) is 2.54. The van der Waals surface area contributed by atoms with Crippen LogP contribution in [0.3, 0.4) is 0 Å². The molecule has 0 fully saturated rings. The Morgan fingerprint density at radius 2 is 1.90 bits per heavy atom. The number of nitrogens with two attached hydrogens (primary N) is 1. The van der Waals surface area contributed by atoms with Gasteiger partial charge < -0.3 is 5.73 Å². The molecule has 0 unspecified atom stereocenters. The third-order valence-electron chi connectivity index (χ3n) is 3.16. The summed E-state index contributed by atoms with van der Waals surface area (Å²) < 4.78 is 16.6. The van der Waals surface area contributed by atoms with E-state index < -0.39 is 5.82 Å². The van der Waals surface area contributed by atoms with Crippen molar-refractivity contribution in [1.82, 2.24) is 9.36 Å². The zero-order valence-corrected chi connectivity index (χ0v) is 12.6. The fourth-order valence-corrected chi connectivity index (χ4v) is 2.54. The molecule has 0 saturated carbocycles. The van der Waals surface area contributed by atoms with Gasteiger partial charge in [0.15, 0.2) is 0 Å². The van der Waals surface area contributed by atoms with E-state index in [0.29, 0.717) is 11.4 Å². The van der Waals surface area contributed by atoms with Crippen molar-refractivity contribution in [3.8, 4) is 5.69 Å². The number of hydrogen-bond acceptors (Lipinski definition) is 2. The number of hydrogen-bond donors (Lipinski definition) is 1. The van der Waals surface area contributed by atoms with E-state index in [9.17, 15) is 9.18 Å². The molecule has 2 N–H and O–H groups in total. The van der Waals surface area contributed by atoms with E-state index >= 15 is 0 Å². The van der Waals surface area contributed by atoms with E-state index in [1.54, 1.807) is 17.8 Å². The van der Waals surface area contributed by atoms with Crippen LogP contribution >= 0.6 is 11.6 Å². The molecule has 0 amide bonds. The summed E-state index contributed by atoms with van der Waals surface area (Å²) in [6, 6.07) is 4.22. The predicted octanol–water partition coefficient (Wildman–Crippen LogP) is 2.85. The van der Waals surface area contributed by atoms with Crippen LogP contribution in [0.4, 0.5) is 10.1 Å². The van der Waals surface area contributed by atoms with Crippen molar-refractivity contribution in [2.45, 2.75) is 26.2 Å². The van der Waals surface area contributed by atoms with Crippen molar-refractivity contribution in [1.29, 1.82) is 0 Å². The number of benzene rings is 1. The van der Waals surface area contributed by atoms with Crippen molar-refractivity contribution in [2.24, 2.45) is 7.05 Å². The molecule has 0 spiro atoms. The van der Waals surface area contributed by atoms with Gasteiger partial charge in [0, 0.05) is 18.5 Å². The normalized spacial score (nSPS) is 11.9. The van der Waals surface area contributed by atoms with Gasteiger partial charge in [0.1, 0.15) is 11.5 Å². The summed E-state index contributed by atoms with van der Waals surface area (Å²) in [5.41, 5.74) is 6.54. The lowest BCUT2D eigenvalue weighted by molar-refractivity contribution is 0.500. The SMILES string of the molecule is Cn1c(C(C)(C)C)c(N)c(=O)n1-c1ccc(Cl)c(F)c1. The van der Waals surface area contributed by atoms with Gasteiger partial charge in [0.2, 0.25) is 0 Å². The highest BCUT2D eigenvalue weighted by Crippen LogP contribution is 2.27. The number of rotatable bonds is 1. The number of halogens is 2. The highest BCUT2D eigenvalue weighted by Gasteiger charge is 2.26. The van der Waals surface area contributed by atoms with Gasteiger partial charge in [-0.05, 0) is 12.1 Å². The van der Waals surface area contributed by atoms with Crippen molar-refractivity contribution in [2.75, 3.05) is 5.73 Å². The molecule has 0 aliphatic heterocycles. The topological polar surface area (TPSA) is 52.9 Å². The highest BCUT2D eigenvalue weighted by molar-refractivity contribution is 6.30. The van der Waals surface area contributed by atoms with Gasteiger partial charge in [0.05, 0.1) is 16.4 Å². The minimum absolute atomic E-state index is 0.0139. The smallest absolute Gasteiger partial charge is 0.294 e. The van der Waals surface area contributed by atoms with Gasteiger partial charge in [-0.1, -0.05) is 32.4 Å². The Hall–Kier alpha value is -1.75. The third-order valence-corrected chi connectivity index (χ3v) is 3.47. The van der Waals surface area contributed by atoms with E-state index in [4.69, 9.17) is 17.3 Å². The Morgan fingerprint density at radius 3 is 2.35 bits per heavy atom. The standard InChI is InChI=1S/C14H17ClFN3O/c1-14(2,3)12-11(17)13(20)19(18(12)4)8-5-6-9(15)10(16)7-8/h5-7H,17H2,1-4H3. The molecule has 0 aliphatic carbocycles. The van der Waals surface area contributed by atoms with Gasteiger partial charge >= 0.3 is 0 Å². The van der Waals surface area contributed by atoms with Crippen molar-refractivity contribution in [3.05, 3.63) is 45.1 Å². The van der Waals surface area contributed by atoms with Crippen LogP contribution in [-0.2, 0) is 12.5 Å². The summed E-state index contributed by atoms with van der Waals surface area (Å²) in [6.07, 6.45) is 0. The van der Waals surface area contributed by atoms with E-state index in [-0.39, 0.29) is 21.7 Å². The molecule has 0 bridgehead atoms. The summed E-state index contributed by atoms with van der Waals surface area (Å²) in [4.78, 5) is 12.3. The maximum absolute atomic E-state index is 13.6. The number of nitrogens with zero attached hydrogens (tertiary/aromatic N) is 2. The van der Waals surface area contributed by atoms with Crippen LogP contribution in [-0.4, -0.2) is 9.36 Å². The van der Waals surface area contributed by atoms with Crippen molar-refractivity contribution < 1.29 is 4.39 Å². The second kappa shape index (κ2) is 4.66. The molecule has 6 heteroatoms. The summed E-state index contributed by atoms with van der Waals surface area (Å²) in [7, 11) is 1.73. The fraction of sp³-hybridized carbons (Fsp3) is 0.357. The maximum atomic E-state index is 13.6. The molecule has 1 heterocycles. The van der Waals surface area contributed by atoms with E-state index in [0.717, 1.165) is 0 Å². The van der Waals surface area contributed by atoms with Gasteiger partial charge in [-0.15, -0.1) is 0 Å². The Balaban J connectivity index is 2.76. The first-order chi connectivity index (χ1) is 9.14. The van der Waals surface area contributed by atoms with E-state index in [1.807, 2.05) is 20.8 Å². The summed E-state index contributed by atoms with van der Waals surface area (Å²) >= 11 is 5.66. The predicted molar refractivity (Wildman–Crippen MR) is 79.1 cm³/mol. The maximum Gasteiger partial charge on any atom is 0.294 e. The first-order valence-electron chi connectivity index (χ1n) is 6.18. The number of aromatic nitrogens is 2. The van der Waals surface area contributed by atoms with Gasteiger partial charge in [-0.25, -0.2) is 9.07 Å². The van der Waals surface area contributed by atoms with E-state index in [1.165, 1.54) is 16.8 Å². The van der Waals surface area contributed by atoms with Crippen LogP contribution in [0.2, 0.25) is 5.02 Å². The minimum atomic E-state index is -0.576. The van der Waals surface area contributed by atoms with Crippen LogP contribution in [0.1, 0.15) is 26.5 Å². The molecule has 0 aliphatic rings. The Kier molecular flexibility index (Phi) is 3.42. The molecule has 4 nitrogen and oxygen atoms in total. The minimum Gasteiger partial charge on any atom is -0.393 e. The summed E-state index contributed by atoms with van der Waals surface area (Å²) in [5.74, 6) is -0.576. The number of nitrogen functional groups attached to an aromatic ring is 1. The quantitative estimate of drug-likeness (QED) is 0.880. The molecule has 0 radical (unpaired) electrons.